The molecule has 0 aliphatic heterocycles. The summed E-state index contributed by atoms with van der Waals surface area (Å²) in [7, 11) is -3.81. The minimum atomic E-state index is -3.81. The number of esters is 1. The number of nitrogens with one attached hydrogen (secondary N) is 1. The molecule has 1 heterocycles. The van der Waals surface area contributed by atoms with Gasteiger partial charge in [0.25, 0.3) is 0 Å². The van der Waals surface area contributed by atoms with Gasteiger partial charge in [0, 0.05) is 0 Å². The van der Waals surface area contributed by atoms with Gasteiger partial charge in [-0.15, -0.1) is 0 Å². The number of carbonyl (C=O) groups excluding carboxylic acids is 1. The second-order valence-corrected chi connectivity index (χ2v) is 7.26. The summed E-state index contributed by atoms with van der Waals surface area (Å²) in [6.45, 7) is 2.94. The highest BCUT2D eigenvalue weighted by molar-refractivity contribution is 7.89. The van der Waals surface area contributed by atoms with Gasteiger partial charge in [0.1, 0.15) is 12.6 Å². The molecule has 0 fully saturated rings. The third-order valence-electron chi connectivity index (χ3n) is 3.41. The van der Waals surface area contributed by atoms with Gasteiger partial charge in [-0.2, -0.15) is 4.72 Å². The van der Waals surface area contributed by atoms with Crippen molar-refractivity contribution in [2.45, 2.75) is 38.0 Å². The molecule has 134 valence electrons. The third-order valence-corrected chi connectivity index (χ3v) is 4.96. The number of aliphatic hydroxyl groups excluding tert-OH is 1. The molecule has 0 aliphatic rings. The van der Waals surface area contributed by atoms with Crippen LogP contribution in [0.5, 0.6) is 0 Å². The summed E-state index contributed by atoms with van der Waals surface area (Å²) in [5, 5.41) is 9.03. The van der Waals surface area contributed by atoms with Crippen molar-refractivity contribution in [3.05, 3.63) is 59.4 Å². The van der Waals surface area contributed by atoms with Crippen LogP contribution in [0.25, 0.3) is 0 Å². The number of aryl methyl sites for hydroxylation is 1. The Labute approximate surface area is 146 Å². The van der Waals surface area contributed by atoms with Crippen molar-refractivity contribution >= 4 is 16.0 Å². The molecule has 8 heteroatoms. The Morgan fingerprint density at radius 1 is 1.20 bits per heavy atom. The van der Waals surface area contributed by atoms with Gasteiger partial charge < -0.3 is 9.84 Å². The van der Waals surface area contributed by atoms with Gasteiger partial charge in [-0.25, -0.2) is 8.42 Å². The number of aliphatic hydroxyl groups is 1. The normalized spacial score (nSPS) is 12.6. The summed E-state index contributed by atoms with van der Waals surface area (Å²) >= 11 is 0. The van der Waals surface area contributed by atoms with Crippen LogP contribution in [0.4, 0.5) is 0 Å². The van der Waals surface area contributed by atoms with Crippen LogP contribution < -0.4 is 4.72 Å². The molecule has 7 nitrogen and oxygen atoms in total. The Kier molecular flexibility index (Phi) is 6.24. The third kappa shape index (κ3) is 5.35. The van der Waals surface area contributed by atoms with Crippen LogP contribution >= 0.6 is 0 Å². The number of carbonyl (C=O) groups is 1. The fourth-order valence-electron chi connectivity index (χ4n) is 2.03. The molecular weight excluding hydrogens is 344 g/mol. The van der Waals surface area contributed by atoms with Gasteiger partial charge >= 0.3 is 5.97 Å². The number of hydrogen-bond donors (Lipinski definition) is 2. The number of aromatic nitrogens is 1. The standard InChI is InChI=1S/C17H20N2O5S/c1-12-6-8-16(9-7-12)25(22,23)19-13(2)17(21)24-11-15-5-3-4-14(10-20)18-15/h3-9,13,19-20H,10-11H2,1-2H3/t13-/m0/s1. The van der Waals surface area contributed by atoms with E-state index in [1.54, 1.807) is 30.3 Å². The maximum absolute atomic E-state index is 12.3. The Bertz CT molecular complexity index is 834. The number of rotatable bonds is 7. The summed E-state index contributed by atoms with van der Waals surface area (Å²) < 4.78 is 31.9. The van der Waals surface area contributed by atoms with E-state index < -0.39 is 22.0 Å². The molecule has 2 N–H and O–H groups in total. The first-order valence-corrected chi connectivity index (χ1v) is 9.11. The van der Waals surface area contributed by atoms with Gasteiger partial charge in [-0.1, -0.05) is 23.8 Å². The topological polar surface area (TPSA) is 106 Å². The summed E-state index contributed by atoms with van der Waals surface area (Å²) in [6, 6.07) is 10.2. The molecule has 1 aromatic carbocycles. The van der Waals surface area contributed by atoms with Gasteiger partial charge in [0.2, 0.25) is 10.0 Å². The summed E-state index contributed by atoms with van der Waals surface area (Å²) in [4.78, 5) is 16.2. The highest BCUT2D eigenvalue weighted by atomic mass is 32.2. The second-order valence-electron chi connectivity index (χ2n) is 5.54. The van der Waals surface area contributed by atoms with Crippen molar-refractivity contribution in [1.82, 2.24) is 9.71 Å². The predicted octanol–water partition coefficient (Wildman–Crippen LogP) is 1.29. The molecule has 0 bridgehead atoms. The molecule has 25 heavy (non-hydrogen) atoms. The van der Waals surface area contributed by atoms with Crippen LogP contribution in [-0.2, 0) is 32.8 Å². The first-order chi connectivity index (χ1) is 11.8. The van der Waals surface area contributed by atoms with Crippen LogP contribution in [0.2, 0.25) is 0 Å². The van der Waals surface area contributed by atoms with Crippen LogP contribution in [0.3, 0.4) is 0 Å². The molecule has 0 amide bonds. The molecule has 2 rings (SSSR count). The fourth-order valence-corrected chi connectivity index (χ4v) is 3.23. The Morgan fingerprint density at radius 3 is 2.48 bits per heavy atom. The van der Waals surface area contributed by atoms with E-state index in [-0.39, 0.29) is 18.1 Å². The van der Waals surface area contributed by atoms with Crippen LogP contribution in [0.15, 0.2) is 47.4 Å². The first kappa shape index (κ1) is 19.0. The number of sulfonamides is 1. The van der Waals surface area contributed by atoms with E-state index in [0.717, 1.165) is 5.56 Å². The molecule has 0 saturated carbocycles. The van der Waals surface area contributed by atoms with Crippen molar-refractivity contribution in [2.75, 3.05) is 0 Å². The van der Waals surface area contributed by atoms with E-state index in [1.807, 2.05) is 6.92 Å². The minimum absolute atomic E-state index is 0.0788. The molecule has 0 unspecified atom stereocenters. The van der Waals surface area contributed by atoms with E-state index in [0.29, 0.717) is 11.4 Å². The zero-order chi connectivity index (χ0) is 18.4. The number of pyridine rings is 1. The quantitative estimate of drug-likeness (QED) is 0.717. The molecule has 0 spiro atoms. The maximum Gasteiger partial charge on any atom is 0.324 e. The van der Waals surface area contributed by atoms with Gasteiger partial charge in [-0.05, 0) is 38.1 Å². The highest BCUT2D eigenvalue weighted by Crippen LogP contribution is 2.11. The van der Waals surface area contributed by atoms with E-state index >= 15 is 0 Å². The smallest absolute Gasteiger partial charge is 0.324 e. The van der Waals surface area contributed by atoms with Crippen molar-refractivity contribution in [3.8, 4) is 0 Å². The molecule has 1 atom stereocenters. The van der Waals surface area contributed by atoms with E-state index in [2.05, 4.69) is 9.71 Å². The molecule has 0 radical (unpaired) electrons. The Morgan fingerprint density at radius 2 is 1.84 bits per heavy atom. The number of nitrogens with zero attached hydrogens (tertiary/aromatic N) is 1. The maximum atomic E-state index is 12.3. The monoisotopic (exact) mass is 364 g/mol. The van der Waals surface area contributed by atoms with Crippen molar-refractivity contribution in [2.24, 2.45) is 0 Å². The van der Waals surface area contributed by atoms with Crippen molar-refractivity contribution < 1.29 is 23.1 Å². The lowest BCUT2D eigenvalue weighted by molar-refractivity contribution is -0.146. The largest absolute Gasteiger partial charge is 0.458 e. The van der Waals surface area contributed by atoms with Crippen LogP contribution in [0, 0.1) is 6.92 Å². The summed E-state index contributed by atoms with van der Waals surface area (Å²) in [6.07, 6.45) is 0. The number of hydrogen-bond acceptors (Lipinski definition) is 6. The lowest BCUT2D eigenvalue weighted by Crippen LogP contribution is -2.39. The summed E-state index contributed by atoms with van der Waals surface area (Å²) in [5.41, 5.74) is 1.86. The lowest BCUT2D eigenvalue weighted by Gasteiger charge is -2.14. The zero-order valence-electron chi connectivity index (χ0n) is 14.0. The van der Waals surface area contributed by atoms with E-state index in [4.69, 9.17) is 9.84 Å². The molecule has 0 saturated heterocycles. The predicted molar refractivity (Wildman–Crippen MR) is 90.9 cm³/mol. The summed E-state index contributed by atoms with van der Waals surface area (Å²) in [5.74, 6) is -0.716. The number of ether oxygens (including phenoxy) is 1. The van der Waals surface area contributed by atoms with Crippen LogP contribution in [0.1, 0.15) is 23.9 Å². The number of benzene rings is 1. The highest BCUT2D eigenvalue weighted by Gasteiger charge is 2.23. The zero-order valence-corrected chi connectivity index (χ0v) is 14.8. The Balaban J connectivity index is 1.96. The van der Waals surface area contributed by atoms with Crippen molar-refractivity contribution in [1.29, 1.82) is 0 Å². The first-order valence-electron chi connectivity index (χ1n) is 7.63. The average molecular weight is 364 g/mol. The SMILES string of the molecule is Cc1ccc(S(=O)(=O)N[C@@H](C)C(=O)OCc2cccc(CO)n2)cc1. The van der Waals surface area contributed by atoms with Crippen molar-refractivity contribution in [3.63, 3.8) is 0 Å². The molecular formula is C17H20N2O5S. The Hall–Kier alpha value is -2.29. The van der Waals surface area contributed by atoms with Gasteiger partial charge in [0.15, 0.2) is 0 Å². The molecule has 2 aromatic rings. The molecule has 1 aromatic heterocycles. The molecule has 0 aliphatic carbocycles. The van der Waals surface area contributed by atoms with E-state index in [9.17, 15) is 13.2 Å². The fraction of sp³-hybridized carbons (Fsp3) is 0.294. The van der Waals surface area contributed by atoms with Gasteiger partial charge in [-0.3, -0.25) is 9.78 Å². The average Bonchev–Trinajstić information content (AvgIpc) is 2.59. The lowest BCUT2D eigenvalue weighted by atomic mass is 10.2. The van der Waals surface area contributed by atoms with Gasteiger partial charge in [0.05, 0.1) is 22.9 Å². The second kappa shape index (κ2) is 8.19. The van der Waals surface area contributed by atoms with Crippen LogP contribution in [-0.4, -0.2) is 30.5 Å². The van der Waals surface area contributed by atoms with E-state index in [1.165, 1.54) is 19.1 Å². The minimum Gasteiger partial charge on any atom is -0.458 e.